The lowest BCUT2D eigenvalue weighted by molar-refractivity contribution is 0.401. The molecule has 1 atom stereocenters. The molecule has 19 heavy (non-hydrogen) atoms. The second-order valence-electron chi connectivity index (χ2n) is 4.47. The van der Waals surface area contributed by atoms with Crippen molar-refractivity contribution in [3.63, 3.8) is 0 Å². The first-order chi connectivity index (χ1) is 9.20. The topological polar surface area (TPSA) is 21.3 Å². The molecule has 0 saturated carbocycles. The van der Waals surface area contributed by atoms with Crippen LogP contribution in [0.25, 0.3) is 0 Å². The molecule has 0 saturated heterocycles. The van der Waals surface area contributed by atoms with Crippen LogP contribution in [0.15, 0.2) is 53.0 Å². The van der Waals surface area contributed by atoms with E-state index in [2.05, 4.69) is 52.4 Å². The fourth-order valence-corrected chi connectivity index (χ4v) is 2.50. The number of hydrogen-bond donors (Lipinski definition) is 1. The predicted octanol–water partition coefficient (Wildman–Crippen LogP) is 4.31. The van der Waals surface area contributed by atoms with Crippen molar-refractivity contribution in [1.82, 2.24) is 5.32 Å². The summed E-state index contributed by atoms with van der Waals surface area (Å²) in [4.78, 5) is 0. The summed E-state index contributed by atoms with van der Waals surface area (Å²) in [6.07, 6.45) is 0. The minimum atomic E-state index is 0.245. The van der Waals surface area contributed by atoms with Gasteiger partial charge in [0.1, 0.15) is 5.75 Å². The molecular weight excluding hydrogens is 302 g/mol. The molecule has 1 N–H and O–H groups in total. The van der Waals surface area contributed by atoms with Crippen molar-refractivity contribution in [2.24, 2.45) is 0 Å². The molecule has 0 aromatic heterocycles. The zero-order valence-electron chi connectivity index (χ0n) is 11.2. The normalized spacial score (nSPS) is 12.2. The van der Waals surface area contributed by atoms with E-state index in [4.69, 9.17) is 4.74 Å². The molecule has 0 bridgehead atoms. The number of nitrogens with one attached hydrogen (secondary N) is 1. The molecule has 0 aliphatic carbocycles. The van der Waals surface area contributed by atoms with Crippen LogP contribution in [0, 0.1) is 0 Å². The highest BCUT2D eigenvalue weighted by atomic mass is 79.9. The molecule has 2 rings (SSSR count). The Kier molecular flexibility index (Phi) is 5.00. The van der Waals surface area contributed by atoms with E-state index in [0.717, 1.165) is 16.8 Å². The van der Waals surface area contributed by atoms with Crippen LogP contribution in [0.1, 0.15) is 24.1 Å². The lowest BCUT2D eigenvalue weighted by Gasteiger charge is -2.17. The summed E-state index contributed by atoms with van der Waals surface area (Å²) in [6.45, 7) is 2.98. The van der Waals surface area contributed by atoms with Crippen molar-refractivity contribution in [3.8, 4) is 5.75 Å². The molecule has 0 amide bonds. The van der Waals surface area contributed by atoms with E-state index >= 15 is 0 Å². The van der Waals surface area contributed by atoms with Gasteiger partial charge in [-0.2, -0.15) is 0 Å². The maximum atomic E-state index is 5.39. The number of rotatable bonds is 5. The van der Waals surface area contributed by atoms with Gasteiger partial charge in [0.25, 0.3) is 0 Å². The summed E-state index contributed by atoms with van der Waals surface area (Å²) in [6, 6.07) is 16.7. The van der Waals surface area contributed by atoms with Gasteiger partial charge in [-0.1, -0.05) is 46.3 Å². The maximum Gasteiger partial charge on any atom is 0.123 e. The Hall–Kier alpha value is -1.32. The minimum Gasteiger partial charge on any atom is -0.496 e. The second-order valence-corrected chi connectivity index (χ2v) is 5.39. The number of para-hydroxylation sites is 1. The van der Waals surface area contributed by atoms with E-state index in [0.29, 0.717) is 0 Å². The quantitative estimate of drug-likeness (QED) is 0.886. The molecule has 0 aliphatic rings. The Morgan fingerprint density at radius 2 is 1.95 bits per heavy atom. The highest BCUT2D eigenvalue weighted by molar-refractivity contribution is 9.10. The lowest BCUT2D eigenvalue weighted by atomic mass is 10.1. The van der Waals surface area contributed by atoms with Crippen molar-refractivity contribution in [1.29, 1.82) is 0 Å². The van der Waals surface area contributed by atoms with Crippen molar-refractivity contribution < 1.29 is 4.74 Å². The highest BCUT2D eigenvalue weighted by Gasteiger charge is 2.09. The summed E-state index contributed by atoms with van der Waals surface area (Å²) < 4.78 is 6.50. The first kappa shape index (κ1) is 14.1. The van der Waals surface area contributed by atoms with Crippen molar-refractivity contribution in [2.45, 2.75) is 19.5 Å². The predicted molar refractivity (Wildman–Crippen MR) is 82.4 cm³/mol. The Labute approximate surface area is 122 Å². The van der Waals surface area contributed by atoms with Gasteiger partial charge in [0.05, 0.1) is 7.11 Å². The van der Waals surface area contributed by atoms with E-state index in [9.17, 15) is 0 Å². The third kappa shape index (κ3) is 3.82. The molecule has 0 aliphatic heterocycles. The number of methoxy groups -OCH3 is 1. The summed E-state index contributed by atoms with van der Waals surface area (Å²) in [7, 11) is 1.71. The van der Waals surface area contributed by atoms with Crippen LogP contribution >= 0.6 is 15.9 Å². The Bertz CT molecular complexity index is 542. The van der Waals surface area contributed by atoms with Gasteiger partial charge in [0, 0.05) is 22.6 Å². The fraction of sp³-hybridized carbons (Fsp3) is 0.250. The lowest BCUT2D eigenvalue weighted by Crippen LogP contribution is -2.18. The fourth-order valence-electron chi connectivity index (χ4n) is 2.05. The average Bonchev–Trinajstić information content (AvgIpc) is 2.45. The van der Waals surface area contributed by atoms with Crippen LogP contribution in [0.5, 0.6) is 5.75 Å². The smallest absolute Gasteiger partial charge is 0.123 e. The van der Waals surface area contributed by atoms with Crippen molar-refractivity contribution in [3.05, 3.63) is 64.1 Å². The third-order valence-electron chi connectivity index (χ3n) is 3.11. The molecule has 3 heteroatoms. The summed E-state index contributed by atoms with van der Waals surface area (Å²) in [5.41, 5.74) is 2.44. The van der Waals surface area contributed by atoms with E-state index in [1.807, 2.05) is 24.3 Å². The highest BCUT2D eigenvalue weighted by Crippen LogP contribution is 2.24. The number of ether oxygens (including phenoxy) is 1. The summed E-state index contributed by atoms with van der Waals surface area (Å²) >= 11 is 3.49. The molecule has 2 aromatic carbocycles. The van der Waals surface area contributed by atoms with E-state index in [-0.39, 0.29) is 6.04 Å². The maximum absolute atomic E-state index is 5.39. The van der Waals surface area contributed by atoms with Crippen molar-refractivity contribution >= 4 is 15.9 Å². The van der Waals surface area contributed by atoms with Gasteiger partial charge >= 0.3 is 0 Å². The molecule has 0 radical (unpaired) electrons. The first-order valence-corrected chi connectivity index (χ1v) is 7.10. The van der Waals surface area contributed by atoms with Crippen LogP contribution in [0.4, 0.5) is 0 Å². The molecule has 0 heterocycles. The zero-order valence-corrected chi connectivity index (χ0v) is 12.8. The molecule has 2 nitrogen and oxygen atoms in total. The SMILES string of the molecule is COc1ccccc1C(C)NCc1cccc(Br)c1. The van der Waals surface area contributed by atoms with Crippen LogP contribution in [0.2, 0.25) is 0 Å². The average molecular weight is 320 g/mol. The molecular formula is C16H18BrNO. The van der Waals surface area contributed by atoms with Crippen LogP contribution in [0.3, 0.4) is 0 Å². The van der Waals surface area contributed by atoms with E-state index in [1.165, 1.54) is 11.1 Å². The van der Waals surface area contributed by atoms with Crippen molar-refractivity contribution in [2.75, 3.05) is 7.11 Å². The minimum absolute atomic E-state index is 0.245. The number of hydrogen-bond acceptors (Lipinski definition) is 2. The molecule has 100 valence electrons. The molecule has 1 unspecified atom stereocenters. The van der Waals surface area contributed by atoms with Gasteiger partial charge in [-0.05, 0) is 30.7 Å². The largest absolute Gasteiger partial charge is 0.496 e. The van der Waals surface area contributed by atoms with Gasteiger partial charge in [-0.25, -0.2) is 0 Å². The van der Waals surface area contributed by atoms with Gasteiger partial charge in [0.15, 0.2) is 0 Å². The Balaban J connectivity index is 2.03. The number of benzene rings is 2. The second kappa shape index (κ2) is 6.73. The monoisotopic (exact) mass is 319 g/mol. The van der Waals surface area contributed by atoms with Crippen LogP contribution in [-0.4, -0.2) is 7.11 Å². The van der Waals surface area contributed by atoms with E-state index in [1.54, 1.807) is 7.11 Å². The first-order valence-electron chi connectivity index (χ1n) is 6.31. The summed E-state index contributed by atoms with van der Waals surface area (Å²) in [5.74, 6) is 0.928. The van der Waals surface area contributed by atoms with Gasteiger partial charge < -0.3 is 10.1 Å². The molecule has 2 aromatic rings. The van der Waals surface area contributed by atoms with Gasteiger partial charge in [0.2, 0.25) is 0 Å². The van der Waals surface area contributed by atoms with Gasteiger partial charge in [-0.3, -0.25) is 0 Å². The van der Waals surface area contributed by atoms with E-state index < -0.39 is 0 Å². The molecule has 0 fully saturated rings. The van der Waals surface area contributed by atoms with Gasteiger partial charge in [-0.15, -0.1) is 0 Å². The number of halogens is 1. The third-order valence-corrected chi connectivity index (χ3v) is 3.60. The van der Waals surface area contributed by atoms with Crippen LogP contribution in [-0.2, 0) is 6.54 Å². The Morgan fingerprint density at radius 3 is 2.68 bits per heavy atom. The zero-order chi connectivity index (χ0) is 13.7. The molecule has 0 spiro atoms. The summed E-state index contributed by atoms with van der Waals surface area (Å²) in [5, 5.41) is 3.52. The standard InChI is InChI=1S/C16H18BrNO/c1-12(15-8-3-4-9-16(15)19-2)18-11-13-6-5-7-14(17)10-13/h3-10,12,18H,11H2,1-2H3. The Morgan fingerprint density at radius 1 is 1.16 bits per heavy atom. The van der Waals surface area contributed by atoms with Crippen LogP contribution < -0.4 is 10.1 Å².